The fraction of sp³-hybridized carbons (Fsp3) is 0.455. The second-order valence-electron chi connectivity index (χ2n) is 4.12. The number of amides is 1. The maximum atomic E-state index is 11.8. The molecular weight excluding hydrogens is 306 g/mol. The van der Waals surface area contributed by atoms with Gasteiger partial charge in [0.1, 0.15) is 0 Å². The quantitative estimate of drug-likeness (QED) is 0.900. The van der Waals surface area contributed by atoms with Crippen LogP contribution in [0.15, 0.2) is 15.9 Å². The van der Waals surface area contributed by atoms with Gasteiger partial charge in [-0.25, -0.2) is 0 Å². The van der Waals surface area contributed by atoms with E-state index in [9.17, 15) is 9.59 Å². The summed E-state index contributed by atoms with van der Waals surface area (Å²) in [5.41, 5.74) is 0. The van der Waals surface area contributed by atoms with Crippen molar-refractivity contribution >= 4 is 39.1 Å². The van der Waals surface area contributed by atoms with Crippen LogP contribution in [0.2, 0.25) is 0 Å². The van der Waals surface area contributed by atoms with Gasteiger partial charge in [-0.2, -0.15) is 0 Å². The van der Waals surface area contributed by atoms with E-state index in [2.05, 4.69) is 21.2 Å². The highest BCUT2D eigenvalue weighted by molar-refractivity contribution is 9.11. The molecule has 17 heavy (non-hydrogen) atoms. The molecule has 1 aliphatic carbocycles. The lowest BCUT2D eigenvalue weighted by Crippen LogP contribution is -2.32. The maximum Gasteiger partial charge on any atom is 0.306 e. The number of thiophene rings is 1. The fourth-order valence-corrected chi connectivity index (χ4v) is 3.32. The highest BCUT2D eigenvalue weighted by atomic mass is 79.9. The van der Waals surface area contributed by atoms with Gasteiger partial charge in [-0.05, 0) is 47.3 Å². The highest BCUT2D eigenvalue weighted by Gasteiger charge is 2.30. The van der Waals surface area contributed by atoms with Crippen LogP contribution in [-0.2, 0) is 4.79 Å². The summed E-state index contributed by atoms with van der Waals surface area (Å²) in [6.07, 6.45) is 1.93. The number of halogens is 1. The fourth-order valence-electron chi connectivity index (χ4n) is 2.03. The Morgan fingerprint density at radius 1 is 1.41 bits per heavy atom. The molecule has 4 nitrogen and oxygen atoms in total. The van der Waals surface area contributed by atoms with Crippen LogP contribution in [0, 0.1) is 5.92 Å². The van der Waals surface area contributed by atoms with Crippen molar-refractivity contribution in [2.45, 2.75) is 25.3 Å². The first-order chi connectivity index (χ1) is 8.06. The van der Waals surface area contributed by atoms with E-state index in [0.717, 1.165) is 10.2 Å². The molecule has 1 aromatic heterocycles. The molecule has 2 N–H and O–H groups in total. The van der Waals surface area contributed by atoms with E-state index >= 15 is 0 Å². The van der Waals surface area contributed by atoms with Gasteiger partial charge in [0.15, 0.2) is 0 Å². The number of nitrogens with one attached hydrogen (secondary N) is 1. The molecule has 0 radical (unpaired) electrons. The van der Waals surface area contributed by atoms with E-state index in [0.29, 0.717) is 17.7 Å². The van der Waals surface area contributed by atoms with Crippen molar-refractivity contribution < 1.29 is 14.7 Å². The highest BCUT2D eigenvalue weighted by Crippen LogP contribution is 2.27. The van der Waals surface area contributed by atoms with Crippen molar-refractivity contribution in [3.05, 3.63) is 20.8 Å². The van der Waals surface area contributed by atoms with Gasteiger partial charge >= 0.3 is 5.97 Å². The van der Waals surface area contributed by atoms with E-state index in [1.54, 1.807) is 6.07 Å². The molecule has 0 aliphatic heterocycles. The normalized spacial score (nSPS) is 23.6. The Morgan fingerprint density at radius 3 is 2.71 bits per heavy atom. The summed E-state index contributed by atoms with van der Waals surface area (Å²) in [4.78, 5) is 23.3. The van der Waals surface area contributed by atoms with Gasteiger partial charge < -0.3 is 10.4 Å². The number of rotatable bonds is 3. The first-order valence-electron chi connectivity index (χ1n) is 5.35. The zero-order chi connectivity index (χ0) is 12.4. The minimum Gasteiger partial charge on any atom is -0.481 e. The van der Waals surface area contributed by atoms with Crippen LogP contribution in [0.4, 0.5) is 0 Å². The number of carboxylic acids is 1. The molecule has 2 atom stereocenters. The second kappa shape index (κ2) is 5.18. The molecule has 2 unspecified atom stereocenters. The summed E-state index contributed by atoms with van der Waals surface area (Å²) >= 11 is 4.68. The predicted molar refractivity (Wildman–Crippen MR) is 68.3 cm³/mol. The van der Waals surface area contributed by atoms with Crippen LogP contribution in [0.25, 0.3) is 0 Å². The van der Waals surface area contributed by atoms with Gasteiger partial charge in [0, 0.05) is 6.04 Å². The molecule has 0 aromatic carbocycles. The van der Waals surface area contributed by atoms with Crippen LogP contribution in [-0.4, -0.2) is 23.0 Å². The van der Waals surface area contributed by atoms with Crippen molar-refractivity contribution in [3.63, 3.8) is 0 Å². The molecule has 1 aromatic rings. The van der Waals surface area contributed by atoms with Gasteiger partial charge in [0.05, 0.1) is 14.6 Å². The van der Waals surface area contributed by atoms with Crippen molar-refractivity contribution in [2.75, 3.05) is 0 Å². The minimum absolute atomic E-state index is 0.00974. The number of carboxylic acid groups (broad SMARTS) is 1. The lowest BCUT2D eigenvalue weighted by Gasteiger charge is -2.11. The molecule has 2 rings (SSSR count). The lowest BCUT2D eigenvalue weighted by molar-refractivity contribution is -0.141. The van der Waals surface area contributed by atoms with Crippen LogP contribution in [0.3, 0.4) is 0 Å². The second-order valence-corrected chi connectivity index (χ2v) is 6.59. The van der Waals surface area contributed by atoms with Crippen molar-refractivity contribution in [3.8, 4) is 0 Å². The number of hydrogen-bond acceptors (Lipinski definition) is 3. The number of hydrogen-bond donors (Lipinski definition) is 2. The predicted octanol–water partition coefficient (Wildman–Crippen LogP) is 2.49. The van der Waals surface area contributed by atoms with E-state index in [1.165, 1.54) is 11.3 Å². The zero-order valence-corrected chi connectivity index (χ0v) is 11.4. The lowest BCUT2D eigenvalue weighted by atomic mass is 10.1. The van der Waals surface area contributed by atoms with Gasteiger partial charge in [-0.15, -0.1) is 11.3 Å². The van der Waals surface area contributed by atoms with E-state index in [4.69, 9.17) is 5.11 Å². The van der Waals surface area contributed by atoms with Gasteiger partial charge in [0.2, 0.25) is 0 Å². The standard InChI is InChI=1S/C11H12BrNO3S/c12-9-4-3-8(17-9)10(14)13-7-2-1-6(5-7)11(15)16/h3-4,6-7H,1-2,5H2,(H,13,14)(H,15,16). The Hall–Kier alpha value is -0.880. The number of carbonyl (C=O) groups is 2. The van der Waals surface area contributed by atoms with E-state index in [1.807, 2.05) is 6.07 Å². The monoisotopic (exact) mass is 317 g/mol. The van der Waals surface area contributed by atoms with Gasteiger partial charge in [-0.1, -0.05) is 0 Å². The molecular formula is C11H12BrNO3S. The van der Waals surface area contributed by atoms with Gasteiger partial charge in [0.25, 0.3) is 5.91 Å². The molecule has 1 aliphatic rings. The van der Waals surface area contributed by atoms with Crippen LogP contribution < -0.4 is 5.32 Å². The summed E-state index contributed by atoms with van der Waals surface area (Å²) in [5.74, 6) is -1.19. The summed E-state index contributed by atoms with van der Waals surface area (Å²) in [6, 6.07) is 3.58. The Bertz CT molecular complexity index is 446. The Labute approximate surface area is 111 Å². The first-order valence-corrected chi connectivity index (χ1v) is 6.96. The smallest absolute Gasteiger partial charge is 0.306 e. The van der Waals surface area contributed by atoms with E-state index in [-0.39, 0.29) is 17.9 Å². The summed E-state index contributed by atoms with van der Waals surface area (Å²) in [5, 5.41) is 11.7. The molecule has 6 heteroatoms. The Morgan fingerprint density at radius 2 is 2.18 bits per heavy atom. The molecule has 1 fully saturated rings. The third kappa shape index (κ3) is 3.07. The van der Waals surface area contributed by atoms with Crippen LogP contribution >= 0.6 is 27.3 Å². The molecule has 0 saturated heterocycles. The summed E-state index contributed by atoms with van der Waals surface area (Å²) < 4.78 is 0.914. The molecule has 1 amide bonds. The largest absolute Gasteiger partial charge is 0.481 e. The van der Waals surface area contributed by atoms with Crippen LogP contribution in [0.5, 0.6) is 0 Å². The first kappa shape index (κ1) is 12.6. The van der Waals surface area contributed by atoms with Crippen molar-refractivity contribution in [1.82, 2.24) is 5.32 Å². The van der Waals surface area contributed by atoms with E-state index < -0.39 is 5.97 Å². The summed E-state index contributed by atoms with van der Waals surface area (Å²) in [7, 11) is 0. The summed E-state index contributed by atoms with van der Waals surface area (Å²) in [6.45, 7) is 0. The minimum atomic E-state index is -0.763. The maximum absolute atomic E-state index is 11.8. The molecule has 1 saturated carbocycles. The number of aliphatic carboxylic acids is 1. The molecule has 0 bridgehead atoms. The Kier molecular flexibility index (Phi) is 3.83. The average molecular weight is 318 g/mol. The van der Waals surface area contributed by atoms with Crippen LogP contribution in [0.1, 0.15) is 28.9 Å². The Balaban J connectivity index is 1.90. The topological polar surface area (TPSA) is 66.4 Å². The molecule has 1 heterocycles. The molecule has 92 valence electrons. The third-order valence-corrected chi connectivity index (χ3v) is 4.54. The average Bonchev–Trinajstić information content (AvgIpc) is 2.86. The SMILES string of the molecule is O=C(NC1CCC(C(=O)O)C1)c1ccc(Br)s1. The van der Waals surface area contributed by atoms with Gasteiger partial charge in [-0.3, -0.25) is 9.59 Å². The zero-order valence-electron chi connectivity index (χ0n) is 8.98. The third-order valence-electron chi connectivity index (χ3n) is 2.91. The van der Waals surface area contributed by atoms with Crippen molar-refractivity contribution in [2.24, 2.45) is 5.92 Å². The van der Waals surface area contributed by atoms with Crippen molar-refractivity contribution in [1.29, 1.82) is 0 Å². The number of carbonyl (C=O) groups excluding carboxylic acids is 1. The molecule has 0 spiro atoms.